The van der Waals surface area contributed by atoms with E-state index in [1.165, 1.54) is 7.11 Å². The number of ether oxygens (including phenoxy) is 1. The second-order valence-electron chi connectivity index (χ2n) is 2.22. The molecule has 0 unspecified atom stereocenters. The molecular weight excluding hydrogens is 246 g/mol. The number of halogens is 3. The van der Waals surface area contributed by atoms with E-state index in [0.29, 0.717) is 0 Å². The first-order chi connectivity index (χ1) is 6.11. The summed E-state index contributed by atoms with van der Waals surface area (Å²) in [6, 6.07) is 0.904. The summed E-state index contributed by atoms with van der Waals surface area (Å²) in [5.74, 6) is -1.98. The van der Waals surface area contributed by atoms with Gasteiger partial charge in [-0.25, -0.2) is 8.78 Å². The molecule has 0 N–H and O–H groups in total. The Morgan fingerprint density at radius 2 is 2.15 bits per heavy atom. The van der Waals surface area contributed by atoms with Crippen molar-refractivity contribution in [2.24, 2.45) is 0 Å². The standard InChI is InChI=1S/C8H5BrF2O2/c1-13-8-4(3-12)7(11)5(9)2-6(8)10/h2-3H,1H3. The monoisotopic (exact) mass is 250 g/mol. The second kappa shape index (κ2) is 3.83. The van der Waals surface area contributed by atoms with Crippen LogP contribution < -0.4 is 4.74 Å². The maximum absolute atomic E-state index is 13.1. The number of methoxy groups -OCH3 is 1. The first-order valence-corrected chi connectivity index (χ1v) is 4.07. The van der Waals surface area contributed by atoms with Crippen molar-refractivity contribution in [1.82, 2.24) is 0 Å². The molecule has 70 valence electrons. The summed E-state index contributed by atoms with van der Waals surface area (Å²) in [6.07, 6.45) is 0.210. The molecule has 0 atom stereocenters. The summed E-state index contributed by atoms with van der Waals surface area (Å²) >= 11 is 2.77. The van der Waals surface area contributed by atoms with Crippen molar-refractivity contribution >= 4 is 22.2 Å². The maximum Gasteiger partial charge on any atom is 0.168 e. The van der Waals surface area contributed by atoms with Gasteiger partial charge in [0.15, 0.2) is 23.7 Å². The highest BCUT2D eigenvalue weighted by Crippen LogP contribution is 2.29. The number of hydrogen-bond donors (Lipinski definition) is 0. The highest BCUT2D eigenvalue weighted by atomic mass is 79.9. The van der Waals surface area contributed by atoms with Gasteiger partial charge in [0.05, 0.1) is 17.1 Å². The van der Waals surface area contributed by atoms with Crippen molar-refractivity contribution in [1.29, 1.82) is 0 Å². The van der Waals surface area contributed by atoms with Crippen LogP contribution in [0.5, 0.6) is 5.75 Å². The molecule has 0 fully saturated rings. The van der Waals surface area contributed by atoms with E-state index in [-0.39, 0.29) is 16.5 Å². The largest absolute Gasteiger partial charge is 0.493 e. The molecule has 1 rings (SSSR count). The highest BCUT2D eigenvalue weighted by molar-refractivity contribution is 9.10. The van der Waals surface area contributed by atoms with Crippen LogP contribution >= 0.6 is 15.9 Å². The molecule has 0 aliphatic rings. The van der Waals surface area contributed by atoms with Crippen LogP contribution in [0.4, 0.5) is 8.78 Å². The van der Waals surface area contributed by atoms with Gasteiger partial charge in [-0.3, -0.25) is 4.79 Å². The van der Waals surface area contributed by atoms with Gasteiger partial charge in [0.1, 0.15) is 0 Å². The molecule has 0 aliphatic heterocycles. The van der Waals surface area contributed by atoms with Gasteiger partial charge in [0.25, 0.3) is 0 Å². The molecule has 0 radical (unpaired) electrons. The minimum absolute atomic E-state index is 0.104. The van der Waals surface area contributed by atoms with Crippen LogP contribution in [0.3, 0.4) is 0 Å². The van der Waals surface area contributed by atoms with E-state index in [2.05, 4.69) is 20.7 Å². The van der Waals surface area contributed by atoms with Crippen LogP contribution in [-0.2, 0) is 0 Å². The van der Waals surface area contributed by atoms with Crippen molar-refractivity contribution in [3.63, 3.8) is 0 Å². The molecule has 0 bridgehead atoms. The third kappa shape index (κ3) is 1.70. The van der Waals surface area contributed by atoms with Crippen LogP contribution in [0.2, 0.25) is 0 Å². The normalized spacial score (nSPS) is 9.85. The number of carbonyl (C=O) groups is 1. The molecule has 0 amide bonds. The Bertz CT molecular complexity index is 352. The zero-order valence-corrected chi connectivity index (χ0v) is 8.19. The van der Waals surface area contributed by atoms with Crippen molar-refractivity contribution in [3.8, 4) is 5.75 Å². The van der Waals surface area contributed by atoms with Gasteiger partial charge in [-0.2, -0.15) is 0 Å². The van der Waals surface area contributed by atoms with E-state index >= 15 is 0 Å². The average molecular weight is 251 g/mol. The molecule has 2 nitrogen and oxygen atoms in total. The van der Waals surface area contributed by atoms with Gasteiger partial charge in [-0.05, 0) is 22.0 Å². The maximum atomic E-state index is 13.1. The van der Waals surface area contributed by atoms with E-state index < -0.39 is 17.2 Å². The predicted molar refractivity (Wildman–Crippen MR) is 46.0 cm³/mol. The average Bonchev–Trinajstić information content (AvgIpc) is 2.10. The summed E-state index contributed by atoms with van der Waals surface area (Å²) < 4.78 is 30.5. The Kier molecular flexibility index (Phi) is 2.98. The molecule has 0 spiro atoms. The van der Waals surface area contributed by atoms with Crippen LogP contribution in [0, 0.1) is 11.6 Å². The lowest BCUT2D eigenvalue weighted by Crippen LogP contribution is -1.98. The van der Waals surface area contributed by atoms with Gasteiger partial charge >= 0.3 is 0 Å². The quantitative estimate of drug-likeness (QED) is 0.596. The number of aldehydes is 1. The minimum atomic E-state index is -0.826. The Morgan fingerprint density at radius 3 is 2.62 bits per heavy atom. The van der Waals surface area contributed by atoms with Crippen LogP contribution in [-0.4, -0.2) is 13.4 Å². The first-order valence-electron chi connectivity index (χ1n) is 3.28. The van der Waals surface area contributed by atoms with Crippen LogP contribution in [0.15, 0.2) is 10.5 Å². The molecule has 0 aromatic heterocycles. The molecule has 5 heteroatoms. The Morgan fingerprint density at radius 1 is 1.54 bits per heavy atom. The van der Waals surface area contributed by atoms with E-state index in [4.69, 9.17) is 0 Å². The lowest BCUT2D eigenvalue weighted by Gasteiger charge is -2.06. The molecule has 0 saturated carbocycles. The van der Waals surface area contributed by atoms with Crippen molar-refractivity contribution in [3.05, 3.63) is 27.7 Å². The summed E-state index contributed by atoms with van der Waals surface area (Å²) in [4.78, 5) is 10.4. The summed E-state index contributed by atoms with van der Waals surface area (Å²) in [5.41, 5.74) is -0.422. The third-order valence-electron chi connectivity index (χ3n) is 1.48. The number of rotatable bonds is 2. The molecule has 1 aromatic rings. The minimum Gasteiger partial charge on any atom is -0.493 e. The fourth-order valence-electron chi connectivity index (χ4n) is 0.910. The fourth-order valence-corrected chi connectivity index (χ4v) is 1.32. The van der Waals surface area contributed by atoms with Crippen LogP contribution in [0.25, 0.3) is 0 Å². The molecule has 0 saturated heterocycles. The molecule has 0 aliphatic carbocycles. The Labute approximate surface area is 81.6 Å². The van der Waals surface area contributed by atoms with Crippen molar-refractivity contribution < 1.29 is 18.3 Å². The summed E-state index contributed by atoms with van der Waals surface area (Å²) in [7, 11) is 1.17. The van der Waals surface area contributed by atoms with Crippen molar-refractivity contribution in [2.75, 3.05) is 7.11 Å². The lowest BCUT2D eigenvalue weighted by molar-refractivity contribution is 0.111. The van der Waals surface area contributed by atoms with E-state index in [1.807, 2.05) is 0 Å². The number of benzene rings is 1. The molecule has 0 heterocycles. The third-order valence-corrected chi connectivity index (χ3v) is 2.06. The zero-order valence-electron chi connectivity index (χ0n) is 6.61. The van der Waals surface area contributed by atoms with Gasteiger partial charge in [0.2, 0.25) is 0 Å². The molecule has 1 aromatic carbocycles. The number of hydrogen-bond acceptors (Lipinski definition) is 2. The van der Waals surface area contributed by atoms with E-state index in [0.717, 1.165) is 6.07 Å². The summed E-state index contributed by atoms with van der Waals surface area (Å²) in [6.45, 7) is 0. The Hall–Kier alpha value is -0.970. The molecular formula is C8H5BrF2O2. The lowest BCUT2D eigenvalue weighted by atomic mass is 10.2. The van der Waals surface area contributed by atoms with E-state index in [9.17, 15) is 13.6 Å². The second-order valence-corrected chi connectivity index (χ2v) is 3.07. The van der Waals surface area contributed by atoms with E-state index in [1.54, 1.807) is 0 Å². The highest BCUT2D eigenvalue weighted by Gasteiger charge is 2.17. The van der Waals surface area contributed by atoms with Crippen molar-refractivity contribution in [2.45, 2.75) is 0 Å². The topological polar surface area (TPSA) is 26.3 Å². The Balaban J connectivity index is 3.50. The van der Waals surface area contributed by atoms with Gasteiger partial charge < -0.3 is 4.74 Å². The SMILES string of the molecule is COc1c(F)cc(Br)c(F)c1C=O. The predicted octanol–water partition coefficient (Wildman–Crippen LogP) is 2.55. The summed E-state index contributed by atoms with van der Waals surface area (Å²) in [5, 5.41) is 0. The smallest absolute Gasteiger partial charge is 0.168 e. The molecule has 13 heavy (non-hydrogen) atoms. The fraction of sp³-hybridized carbons (Fsp3) is 0.125. The van der Waals surface area contributed by atoms with Gasteiger partial charge in [-0.15, -0.1) is 0 Å². The zero-order chi connectivity index (χ0) is 10.0. The van der Waals surface area contributed by atoms with Gasteiger partial charge in [0, 0.05) is 0 Å². The van der Waals surface area contributed by atoms with Gasteiger partial charge in [-0.1, -0.05) is 0 Å². The van der Waals surface area contributed by atoms with Crippen LogP contribution in [0.1, 0.15) is 10.4 Å². The number of carbonyl (C=O) groups excluding carboxylic acids is 1. The first kappa shape index (κ1) is 10.1.